The Balaban J connectivity index is 2.50. The molecule has 0 aliphatic heterocycles. The number of carbonyl (C=O) groups excluding carboxylic acids is 1. The number of hydrogen-bond donors (Lipinski definition) is 2. The third-order valence-electron chi connectivity index (χ3n) is 2.96. The summed E-state index contributed by atoms with van der Waals surface area (Å²) in [4.78, 5) is 11.3. The van der Waals surface area contributed by atoms with Crippen molar-refractivity contribution in [2.24, 2.45) is 11.8 Å². The Hall–Kier alpha value is -0.610. The lowest BCUT2D eigenvalue weighted by Gasteiger charge is -2.31. The van der Waals surface area contributed by atoms with E-state index in [0.29, 0.717) is 25.2 Å². The van der Waals surface area contributed by atoms with Crippen LogP contribution in [0.4, 0.5) is 0 Å². The van der Waals surface area contributed by atoms with Crippen LogP contribution >= 0.6 is 0 Å². The summed E-state index contributed by atoms with van der Waals surface area (Å²) in [7, 11) is 1.34. The zero-order valence-corrected chi connectivity index (χ0v) is 8.48. The molecule has 1 saturated carbocycles. The molecular formula is C10H18O4. The molecular weight excluding hydrogens is 184 g/mol. The van der Waals surface area contributed by atoms with E-state index in [-0.39, 0.29) is 12.6 Å². The van der Waals surface area contributed by atoms with Gasteiger partial charge in [0.25, 0.3) is 0 Å². The molecule has 82 valence electrons. The van der Waals surface area contributed by atoms with E-state index in [9.17, 15) is 9.90 Å². The zero-order valence-electron chi connectivity index (χ0n) is 8.48. The fourth-order valence-electron chi connectivity index (χ4n) is 2.09. The standard InChI is InChI=1S/C10H18O4/c1-14-10(13)8-6-7(4-5-11)2-3-9(8)12/h7-9,11-12H,2-6H2,1H3. The average Bonchev–Trinajstić information content (AvgIpc) is 2.20. The predicted octanol–water partition coefficient (Wildman–Crippen LogP) is 0.319. The van der Waals surface area contributed by atoms with Crippen molar-refractivity contribution in [3.63, 3.8) is 0 Å². The molecule has 4 heteroatoms. The number of methoxy groups -OCH3 is 1. The van der Waals surface area contributed by atoms with E-state index in [1.165, 1.54) is 7.11 Å². The normalized spacial score (nSPS) is 32.6. The molecule has 0 bridgehead atoms. The van der Waals surface area contributed by atoms with E-state index in [4.69, 9.17) is 5.11 Å². The van der Waals surface area contributed by atoms with E-state index >= 15 is 0 Å². The first-order valence-corrected chi connectivity index (χ1v) is 5.05. The van der Waals surface area contributed by atoms with Gasteiger partial charge in [0.2, 0.25) is 0 Å². The molecule has 1 aliphatic rings. The summed E-state index contributed by atoms with van der Waals surface area (Å²) in [5.41, 5.74) is 0. The molecule has 4 nitrogen and oxygen atoms in total. The largest absolute Gasteiger partial charge is 0.469 e. The van der Waals surface area contributed by atoms with Crippen molar-refractivity contribution < 1.29 is 19.7 Å². The van der Waals surface area contributed by atoms with Crippen LogP contribution in [-0.2, 0) is 9.53 Å². The van der Waals surface area contributed by atoms with Crippen LogP contribution in [0.2, 0.25) is 0 Å². The summed E-state index contributed by atoms with van der Waals surface area (Å²) in [5.74, 6) is -0.391. The zero-order chi connectivity index (χ0) is 10.6. The number of hydrogen-bond acceptors (Lipinski definition) is 4. The van der Waals surface area contributed by atoms with Crippen molar-refractivity contribution in [1.29, 1.82) is 0 Å². The van der Waals surface area contributed by atoms with Gasteiger partial charge < -0.3 is 14.9 Å². The Kier molecular flexibility index (Phi) is 4.35. The number of aliphatic hydroxyl groups excluding tert-OH is 2. The molecule has 0 aromatic heterocycles. The van der Waals surface area contributed by atoms with Crippen LogP contribution in [0.1, 0.15) is 25.7 Å². The van der Waals surface area contributed by atoms with E-state index < -0.39 is 12.0 Å². The fourth-order valence-corrected chi connectivity index (χ4v) is 2.09. The highest BCUT2D eigenvalue weighted by molar-refractivity contribution is 5.73. The molecule has 0 aromatic rings. The quantitative estimate of drug-likeness (QED) is 0.647. The molecule has 0 heterocycles. The molecule has 1 aliphatic carbocycles. The summed E-state index contributed by atoms with van der Waals surface area (Å²) >= 11 is 0. The second-order valence-electron chi connectivity index (χ2n) is 3.89. The van der Waals surface area contributed by atoms with E-state index in [2.05, 4.69) is 4.74 Å². The molecule has 14 heavy (non-hydrogen) atoms. The monoisotopic (exact) mass is 202 g/mol. The molecule has 1 rings (SSSR count). The summed E-state index contributed by atoms with van der Waals surface area (Å²) in [6.45, 7) is 0.147. The maximum Gasteiger partial charge on any atom is 0.311 e. The minimum Gasteiger partial charge on any atom is -0.469 e. The lowest BCUT2D eigenvalue weighted by Crippen LogP contribution is -2.35. The Morgan fingerprint density at radius 1 is 1.50 bits per heavy atom. The Bertz CT molecular complexity index is 193. The first kappa shape index (κ1) is 11.5. The maximum absolute atomic E-state index is 11.3. The van der Waals surface area contributed by atoms with Gasteiger partial charge in [0.1, 0.15) is 0 Å². The van der Waals surface area contributed by atoms with Crippen molar-refractivity contribution in [2.75, 3.05) is 13.7 Å². The van der Waals surface area contributed by atoms with Crippen LogP contribution in [-0.4, -0.2) is 36.0 Å². The number of ether oxygens (including phenoxy) is 1. The summed E-state index contributed by atoms with van der Waals surface area (Å²) in [6, 6.07) is 0. The molecule has 2 N–H and O–H groups in total. The van der Waals surface area contributed by atoms with Crippen LogP contribution in [0.5, 0.6) is 0 Å². The Labute approximate surface area is 83.9 Å². The molecule has 0 amide bonds. The number of aliphatic hydroxyl groups is 2. The molecule has 0 aromatic carbocycles. The van der Waals surface area contributed by atoms with Gasteiger partial charge in [-0.15, -0.1) is 0 Å². The first-order chi connectivity index (χ1) is 6.69. The van der Waals surface area contributed by atoms with Crippen LogP contribution in [0.15, 0.2) is 0 Å². The lowest BCUT2D eigenvalue weighted by atomic mass is 9.78. The maximum atomic E-state index is 11.3. The van der Waals surface area contributed by atoms with Gasteiger partial charge in [-0.1, -0.05) is 0 Å². The van der Waals surface area contributed by atoms with Crippen LogP contribution in [0.3, 0.4) is 0 Å². The highest BCUT2D eigenvalue weighted by Gasteiger charge is 2.34. The SMILES string of the molecule is COC(=O)C1CC(CCO)CCC1O. The molecule has 0 spiro atoms. The summed E-state index contributed by atoms with van der Waals surface area (Å²) < 4.78 is 4.63. The minimum atomic E-state index is -0.572. The van der Waals surface area contributed by atoms with Crippen LogP contribution < -0.4 is 0 Å². The molecule has 0 radical (unpaired) electrons. The molecule has 1 fully saturated rings. The van der Waals surface area contributed by atoms with Gasteiger partial charge in [-0.05, 0) is 31.6 Å². The predicted molar refractivity (Wildman–Crippen MR) is 50.6 cm³/mol. The van der Waals surface area contributed by atoms with Gasteiger partial charge >= 0.3 is 5.97 Å². The third kappa shape index (κ3) is 2.69. The lowest BCUT2D eigenvalue weighted by molar-refractivity contribution is -0.152. The van der Waals surface area contributed by atoms with Crippen molar-refractivity contribution in [3.8, 4) is 0 Å². The number of esters is 1. The van der Waals surface area contributed by atoms with E-state index in [1.807, 2.05) is 0 Å². The second kappa shape index (κ2) is 5.32. The van der Waals surface area contributed by atoms with Gasteiger partial charge in [0, 0.05) is 6.61 Å². The van der Waals surface area contributed by atoms with Gasteiger partial charge in [-0.3, -0.25) is 4.79 Å². The van der Waals surface area contributed by atoms with Crippen molar-refractivity contribution >= 4 is 5.97 Å². The average molecular weight is 202 g/mol. The summed E-state index contributed by atoms with van der Waals surface area (Å²) in [6.07, 6.45) is 2.28. The van der Waals surface area contributed by atoms with Crippen LogP contribution in [0, 0.1) is 11.8 Å². The molecule has 3 unspecified atom stereocenters. The Morgan fingerprint density at radius 3 is 2.79 bits per heavy atom. The minimum absolute atomic E-state index is 0.147. The fraction of sp³-hybridized carbons (Fsp3) is 0.900. The smallest absolute Gasteiger partial charge is 0.311 e. The van der Waals surface area contributed by atoms with Crippen LogP contribution in [0.25, 0.3) is 0 Å². The van der Waals surface area contributed by atoms with E-state index in [1.54, 1.807) is 0 Å². The van der Waals surface area contributed by atoms with Gasteiger partial charge in [0.05, 0.1) is 19.1 Å². The van der Waals surface area contributed by atoms with Crippen molar-refractivity contribution in [3.05, 3.63) is 0 Å². The Morgan fingerprint density at radius 2 is 2.21 bits per heavy atom. The third-order valence-corrected chi connectivity index (χ3v) is 2.96. The molecule has 3 atom stereocenters. The van der Waals surface area contributed by atoms with E-state index in [0.717, 1.165) is 6.42 Å². The van der Waals surface area contributed by atoms with Crippen molar-refractivity contribution in [2.45, 2.75) is 31.8 Å². The highest BCUT2D eigenvalue weighted by atomic mass is 16.5. The summed E-state index contributed by atoms with van der Waals surface area (Å²) in [5, 5.41) is 18.4. The molecule has 0 saturated heterocycles. The number of rotatable bonds is 3. The van der Waals surface area contributed by atoms with Gasteiger partial charge in [-0.25, -0.2) is 0 Å². The number of carbonyl (C=O) groups is 1. The topological polar surface area (TPSA) is 66.8 Å². The first-order valence-electron chi connectivity index (χ1n) is 5.05. The van der Waals surface area contributed by atoms with Gasteiger partial charge in [-0.2, -0.15) is 0 Å². The second-order valence-corrected chi connectivity index (χ2v) is 3.89. The highest BCUT2D eigenvalue weighted by Crippen LogP contribution is 2.31. The van der Waals surface area contributed by atoms with Crippen molar-refractivity contribution in [1.82, 2.24) is 0 Å². The van der Waals surface area contributed by atoms with Gasteiger partial charge in [0.15, 0.2) is 0 Å².